The number of ether oxygens (including phenoxy) is 4. The molecule has 0 saturated carbocycles. The summed E-state index contributed by atoms with van der Waals surface area (Å²) in [6.45, 7) is 6.29. The first-order chi connectivity index (χ1) is 16.8. The minimum absolute atomic E-state index is 0.00883. The zero-order valence-corrected chi connectivity index (χ0v) is 18.3. The summed E-state index contributed by atoms with van der Waals surface area (Å²) in [4.78, 5) is 22.4. The molecular weight excluding hydrogens is 465 g/mol. The SMILES string of the molecule is C=CC(=O)Oc1ccc(OCCOc2ccc(-c3ccc(OC(=O)C=C)c(F)c3)cc2F)c(F)c1. The summed E-state index contributed by atoms with van der Waals surface area (Å²) < 4.78 is 62.9. The molecule has 0 aliphatic carbocycles. The molecule has 0 N–H and O–H groups in total. The fraction of sp³-hybridized carbons (Fsp3) is 0.0769. The van der Waals surface area contributed by atoms with Crippen molar-refractivity contribution in [3.05, 3.63) is 97.4 Å². The van der Waals surface area contributed by atoms with Crippen molar-refractivity contribution < 1.29 is 41.7 Å². The average Bonchev–Trinajstić information content (AvgIpc) is 2.84. The third kappa shape index (κ3) is 6.73. The Balaban J connectivity index is 1.57. The summed E-state index contributed by atoms with van der Waals surface area (Å²) in [5.41, 5.74) is 0.721. The second-order valence-corrected chi connectivity index (χ2v) is 6.83. The van der Waals surface area contributed by atoms with E-state index in [2.05, 4.69) is 13.2 Å². The summed E-state index contributed by atoms with van der Waals surface area (Å²) in [6.07, 6.45) is 1.85. The minimum atomic E-state index is -0.804. The Bertz CT molecular complexity index is 1270. The summed E-state index contributed by atoms with van der Waals surface area (Å²) in [6, 6.07) is 11.5. The highest BCUT2D eigenvalue weighted by Gasteiger charge is 2.12. The van der Waals surface area contributed by atoms with Crippen LogP contribution in [0.2, 0.25) is 0 Å². The van der Waals surface area contributed by atoms with E-state index in [-0.39, 0.29) is 36.2 Å². The van der Waals surface area contributed by atoms with Crippen molar-refractivity contribution in [3.63, 3.8) is 0 Å². The monoisotopic (exact) mass is 484 g/mol. The number of esters is 2. The zero-order valence-electron chi connectivity index (χ0n) is 18.3. The van der Waals surface area contributed by atoms with Gasteiger partial charge in [0.15, 0.2) is 34.7 Å². The number of halogens is 3. The molecule has 6 nitrogen and oxygen atoms in total. The third-order valence-electron chi connectivity index (χ3n) is 4.46. The highest BCUT2D eigenvalue weighted by molar-refractivity contribution is 5.84. The van der Waals surface area contributed by atoms with Gasteiger partial charge in [0.25, 0.3) is 0 Å². The second-order valence-electron chi connectivity index (χ2n) is 6.83. The minimum Gasteiger partial charge on any atom is -0.487 e. The Morgan fingerprint density at radius 2 is 1.11 bits per heavy atom. The van der Waals surface area contributed by atoms with Crippen LogP contribution in [-0.2, 0) is 9.59 Å². The molecule has 180 valence electrons. The van der Waals surface area contributed by atoms with Crippen LogP contribution in [-0.4, -0.2) is 25.2 Å². The predicted octanol–water partition coefficient (Wildman–Crippen LogP) is 5.41. The first kappa shape index (κ1) is 25.1. The molecule has 0 radical (unpaired) electrons. The molecule has 9 heteroatoms. The van der Waals surface area contributed by atoms with Crippen LogP contribution in [0.25, 0.3) is 11.1 Å². The van der Waals surface area contributed by atoms with E-state index in [0.717, 1.165) is 30.4 Å². The van der Waals surface area contributed by atoms with Crippen LogP contribution in [0.3, 0.4) is 0 Å². The van der Waals surface area contributed by atoms with Crippen molar-refractivity contribution in [1.82, 2.24) is 0 Å². The first-order valence-electron chi connectivity index (χ1n) is 10.1. The zero-order chi connectivity index (χ0) is 25.4. The maximum atomic E-state index is 14.5. The molecule has 0 unspecified atom stereocenters. The molecule has 0 spiro atoms. The van der Waals surface area contributed by atoms with E-state index in [1.54, 1.807) is 0 Å². The van der Waals surface area contributed by atoms with Crippen molar-refractivity contribution in [3.8, 4) is 34.1 Å². The fourth-order valence-electron chi connectivity index (χ4n) is 2.83. The molecule has 3 rings (SSSR count). The van der Waals surface area contributed by atoms with Crippen molar-refractivity contribution in [2.24, 2.45) is 0 Å². The van der Waals surface area contributed by atoms with Crippen LogP contribution in [0.5, 0.6) is 23.0 Å². The van der Waals surface area contributed by atoms with Gasteiger partial charge in [-0.05, 0) is 47.5 Å². The van der Waals surface area contributed by atoms with Gasteiger partial charge < -0.3 is 18.9 Å². The highest BCUT2D eigenvalue weighted by atomic mass is 19.1. The number of carbonyl (C=O) groups is 2. The standard InChI is InChI=1S/C26H19F3O6/c1-3-25(30)34-18-7-10-23(21(29)15-18)33-12-11-32-22-8-5-16(13-19(22)27)17-6-9-24(20(28)14-17)35-26(31)4-2/h3-10,13-15H,1-2,11-12H2. The molecule has 0 heterocycles. The number of hydrogen-bond donors (Lipinski definition) is 0. The van der Waals surface area contributed by atoms with E-state index in [9.17, 15) is 22.8 Å². The van der Waals surface area contributed by atoms with Gasteiger partial charge in [0.1, 0.15) is 19.0 Å². The third-order valence-corrected chi connectivity index (χ3v) is 4.46. The summed E-state index contributed by atoms with van der Waals surface area (Å²) >= 11 is 0. The lowest BCUT2D eigenvalue weighted by molar-refractivity contribution is -0.130. The fourth-order valence-corrected chi connectivity index (χ4v) is 2.83. The number of rotatable bonds is 10. The lowest BCUT2D eigenvalue weighted by Gasteiger charge is -2.11. The number of hydrogen-bond acceptors (Lipinski definition) is 6. The van der Waals surface area contributed by atoms with Gasteiger partial charge in [-0.25, -0.2) is 22.8 Å². The van der Waals surface area contributed by atoms with Crippen molar-refractivity contribution in [1.29, 1.82) is 0 Å². The smallest absolute Gasteiger partial charge is 0.335 e. The Hall–Kier alpha value is -4.53. The Morgan fingerprint density at radius 1 is 0.657 bits per heavy atom. The lowest BCUT2D eigenvalue weighted by atomic mass is 10.0. The maximum Gasteiger partial charge on any atom is 0.335 e. The van der Waals surface area contributed by atoms with Gasteiger partial charge in [-0.15, -0.1) is 0 Å². The van der Waals surface area contributed by atoms with Crippen LogP contribution in [0, 0.1) is 17.5 Å². The van der Waals surface area contributed by atoms with E-state index in [0.29, 0.717) is 11.1 Å². The molecule has 3 aromatic rings. The Morgan fingerprint density at radius 3 is 1.60 bits per heavy atom. The summed E-state index contributed by atoms with van der Waals surface area (Å²) in [7, 11) is 0. The van der Waals surface area contributed by atoms with Gasteiger partial charge in [0, 0.05) is 18.2 Å². The van der Waals surface area contributed by atoms with Crippen LogP contribution in [0.4, 0.5) is 13.2 Å². The quantitative estimate of drug-likeness (QED) is 0.166. The van der Waals surface area contributed by atoms with Crippen LogP contribution in [0.1, 0.15) is 0 Å². The van der Waals surface area contributed by atoms with Crippen molar-refractivity contribution in [2.75, 3.05) is 13.2 Å². The van der Waals surface area contributed by atoms with Gasteiger partial charge in [0.2, 0.25) is 0 Å². The summed E-state index contributed by atoms with van der Waals surface area (Å²) in [5, 5.41) is 0. The van der Waals surface area contributed by atoms with E-state index in [4.69, 9.17) is 18.9 Å². The molecule has 3 aromatic carbocycles. The largest absolute Gasteiger partial charge is 0.487 e. The van der Waals surface area contributed by atoms with Crippen LogP contribution < -0.4 is 18.9 Å². The number of benzene rings is 3. The molecule has 0 aliphatic rings. The predicted molar refractivity (Wildman–Crippen MR) is 121 cm³/mol. The topological polar surface area (TPSA) is 71.1 Å². The van der Waals surface area contributed by atoms with Gasteiger partial charge >= 0.3 is 11.9 Å². The van der Waals surface area contributed by atoms with Crippen LogP contribution >= 0.6 is 0 Å². The Kier molecular flexibility index (Phi) is 8.29. The van der Waals surface area contributed by atoms with E-state index >= 15 is 0 Å². The lowest BCUT2D eigenvalue weighted by Crippen LogP contribution is -2.10. The molecule has 0 saturated heterocycles. The molecule has 0 bridgehead atoms. The van der Waals surface area contributed by atoms with Gasteiger partial charge in [-0.2, -0.15) is 0 Å². The second kappa shape index (κ2) is 11.6. The van der Waals surface area contributed by atoms with E-state index in [1.165, 1.54) is 36.4 Å². The molecule has 35 heavy (non-hydrogen) atoms. The molecule has 0 aromatic heterocycles. The Labute approximate surface area is 198 Å². The van der Waals surface area contributed by atoms with E-state index in [1.807, 2.05) is 0 Å². The van der Waals surface area contributed by atoms with Gasteiger partial charge in [-0.1, -0.05) is 25.3 Å². The average molecular weight is 484 g/mol. The van der Waals surface area contributed by atoms with Crippen molar-refractivity contribution in [2.45, 2.75) is 0 Å². The summed E-state index contributed by atoms with van der Waals surface area (Å²) in [5.74, 6) is -4.26. The van der Waals surface area contributed by atoms with Gasteiger partial charge in [0.05, 0.1) is 0 Å². The highest BCUT2D eigenvalue weighted by Crippen LogP contribution is 2.29. The maximum absolute atomic E-state index is 14.5. The van der Waals surface area contributed by atoms with Gasteiger partial charge in [-0.3, -0.25) is 0 Å². The van der Waals surface area contributed by atoms with Crippen LogP contribution in [0.15, 0.2) is 79.9 Å². The normalized spacial score (nSPS) is 10.3. The molecule has 0 fully saturated rings. The molecule has 0 amide bonds. The number of carbonyl (C=O) groups excluding carboxylic acids is 2. The molecule has 0 atom stereocenters. The van der Waals surface area contributed by atoms with E-state index < -0.39 is 29.4 Å². The molecular formula is C26H19F3O6. The first-order valence-corrected chi connectivity index (χ1v) is 10.1. The van der Waals surface area contributed by atoms with Crippen molar-refractivity contribution >= 4 is 11.9 Å². The molecule has 0 aliphatic heterocycles.